The first-order valence-corrected chi connectivity index (χ1v) is 13.0. The number of halogens is 2. The van der Waals surface area contributed by atoms with Crippen LogP contribution in [0.15, 0.2) is 33.8 Å². The van der Waals surface area contributed by atoms with Gasteiger partial charge in [0, 0.05) is 43.4 Å². The van der Waals surface area contributed by atoms with Crippen molar-refractivity contribution in [1.82, 2.24) is 10.2 Å². The van der Waals surface area contributed by atoms with Gasteiger partial charge in [0.1, 0.15) is 36.1 Å². The Labute approximate surface area is 234 Å². The number of benzene rings is 1. The standard InChI is InChI=1S/C27H33F2N5O7/c1-33(2)16-7-12(10-31-13(8-28)9-29)21(35)18-14(16)5-11-6-15-20(34(3)4)23(37)19(26(30)39)25(38)27(15,40)24(32-41)17(11)22(18)36/h7,11,13,15,20,31,35,38,40H,5-6,8-10H2,1-4H3,(H2,30,39)/t11-,15-,20?,27-/m0/s1. The molecule has 1 aromatic carbocycles. The smallest absolute Gasteiger partial charge is 0.255 e. The van der Waals surface area contributed by atoms with Gasteiger partial charge in [-0.25, -0.2) is 8.78 Å². The maximum atomic E-state index is 14.1. The second-order valence-electron chi connectivity index (χ2n) is 11.1. The Bertz CT molecular complexity index is 1390. The number of hydrogen-bond donors (Lipinski definition) is 5. The largest absolute Gasteiger partial charge is 0.508 e. The fraction of sp³-hybridized carbons (Fsp3) is 0.519. The number of aliphatic hydroxyl groups excluding tert-OH is 1. The van der Waals surface area contributed by atoms with Crippen molar-refractivity contribution in [3.05, 3.63) is 50.3 Å². The van der Waals surface area contributed by atoms with Crippen molar-refractivity contribution >= 4 is 23.2 Å². The Kier molecular flexibility index (Phi) is 8.04. The van der Waals surface area contributed by atoms with Crippen LogP contribution in [-0.4, -0.2) is 96.9 Å². The molecule has 41 heavy (non-hydrogen) atoms. The molecule has 0 radical (unpaired) electrons. The van der Waals surface area contributed by atoms with Gasteiger partial charge in [-0.1, -0.05) is 0 Å². The number of Topliss-reactive ketones (excluding diaryl/α,β-unsaturated/α-hetero) is 2. The third-order valence-electron chi connectivity index (χ3n) is 8.31. The van der Waals surface area contributed by atoms with Crippen LogP contribution >= 0.6 is 0 Å². The molecule has 4 atom stereocenters. The number of nitrogens with zero attached hydrogens (tertiary/aromatic N) is 3. The normalized spacial score (nSPS) is 25.8. The maximum Gasteiger partial charge on any atom is 0.255 e. The quantitative estimate of drug-likeness (QED) is 0.208. The van der Waals surface area contributed by atoms with Crippen LogP contribution in [-0.2, 0) is 22.6 Å². The summed E-state index contributed by atoms with van der Waals surface area (Å²) in [6, 6.07) is -0.725. The van der Waals surface area contributed by atoms with Crippen LogP contribution in [0, 0.1) is 16.7 Å². The molecule has 6 N–H and O–H groups in total. The summed E-state index contributed by atoms with van der Waals surface area (Å²) in [6.45, 7) is -2.17. The minimum Gasteiger partial charge on any atom is -0.508 e. The number of nitroso groups, excluding NO2 is 1. The van der Waals surface area contributed by atoms with Gasteiger partial charge in [0.15, 0.2) is 17.2 Å². The molecular weight excluding hydrogens is 544 g/mol. The molecule has 3 aliphatic carbocycles. The molecule has 222 valence electrons. The lowest BCUT2D eigenvalue weighted by atomic mass is 9.58. The predicted molar refractivity (Wildman–Crippen MR) is 144 cm³/mol. The highest BCUT2D eigenvalue weighted by molar-refractivity contribution is 6.22. The van der Waals surface area contributed by atoms with Gasteiger partial charge in [0.2, 0.25) is 0 Å². The fourth-order valence-corrected chi connectivity index (χ4v) is 6.40. The molecule has 4 rings (SSSR count). The predicted octanol–water partition coefficient (Wildman–Crippen LogP) is 0.792. The lowest BCUT2D eigenvalue weighted by molar-refractivity contribution is -0.134. The topological polar surface area (TPSA) is 186 Å². The van der Waals surface area contributed by atoms with E-state index in [-0.39, 0.29) is 36.1 Å². The van der Waals surface area contributed by atoms with Crippen molar-refractivity contribution in [2.24, 2.45) is 22.7 Å². The molecule has 12 nitrogen and oxygen atoms in total. The number of ketones is 2. The summed E-state index contributed by atoms with van der Waals surface area (Å²) >= 11 is 0. The number of phenols is 1. The van der Waals surface area contributed by atoms with Gasteiger partial charge in [-0.3, -0.25) is 19.3 Å². The number of alkyl halides is 2. The van der Waals surface area contributed by atoms with E-state index in [0.29, 0.717) is 11.3 Å². The van der Waals surface area contributed by atoms with Crippen molar-refractivity contribution in [3.8, 4) is 5.75 Å². The van der Waals surface area contributed by atoms with Crippen LogP contribution in [0.4, 0.5) is 14.5 Å². The number of anilines is 1. The number of fused-ring (bicyclic) bond motifs is 3. The van der Waals surface area contributed by atoms with Crippen molar-refractivity contribution in [2.75, 3.05) is 46.4 Å². The number of nitrogens with two attached hydrogens (primary N) is 1. The van der Waals surface area contributed by atoms with Crippen molar-refractivity contribution in [1.29, 1.82) is 0 Å². The van der Waals surface area contributed by atoms with Crippen LogP contribution in [0.2, 0.25) is 0 Å². The van der Waals surface area contributed by atoms with Gasteiger partial charge >= 0.3 is 0 Å². The molecule has 14 heteroatoms. The summed E-state index contributed by atoms with van der Waals surface area (Å²) in [6.07, 6.45) is 0.0300. The summed E-state index contributed by atoms with van der Waals surface area (Å²) in [5.74, 6) is -6.58. The van der Waals surface area contributed by atoms with Crippen LogP contribution in [0.5, 0.6) is 5.75 Å². The third-order valence-corrected chi connectivity index (χ3v) is 8.31. The van der Waals surface area contributed by atoms with Gasteiger partial charge in [-0.2, -0.15) is 0 Å². The minimum absolute atomic E-state index is 0.0632. The van der Waals surface area contributed by atoms with Crippen LogP contribution in [0.25, 0.3) is 0 Å². The molecule has 0 spiro atoms. The van der Waals surface area contributed by atoms with Gasteiger partial charge in [0.05, 0.1) is 17.6 Å². The number of rotatable bonds is 9. The molecule has 0 fully saturated rings. The monoisotopic (exact) mass is 577 g/mol. The number of hydrogen-bond acceptors (Lipinski definition) is 11. The number of phenolic OH excluding ortho intramolecular Hbond substituents is 1. The number of primary amides is 1. The molecule has 3 aliphatic rings. The fourth-order valence-electron chi connectivity index (χ4n) is 6.40. The van der Waals surface area contributed by atoms with E-state index in [1.807, 2.05) is 0 Å². The molecule has 1 aromatic rings. The molecule has 0 saturated heterocycles. The van der Waals surface area contributed by atoms with E-state index in [4.69, 9.17) is 5.73 Å². The number of aromatic hydroxyl groups is 1. The first-order valence-electron chi connectivity index (χ1n) is 13.0. The zero-order valence-corrected chi connectivity index (χ0v) is 23.1. The van der Waals surface area contributed by atoms with E-state index >= 15 is 0 Å². The average Bonchev–Trinajstić information content (AvgIpc) is 2.89. The van der Waals surface area contributed by atoms with Crippen LogP contribution < -0.4 is 16.0 Å². The number of likely N-dealkylation sites (N-methyl/N-ethyl adjacent to an activating group) is 1. The highest BCUT2D eigenvalue weighted by Crippen LogP contribution is 2.55. The molecular formula is C27H33F2N5O7. The molecule has 1 unspecified atom stereocenters. The van der Waals surface area contributed by atoms with Crippen molar-refractivity contribution in [2.45, 2.75) is 37.1 Å². The lowest BCUT2D eigenvalue weighted by Gasteiger charge is -2.50. The number of nitrogens with one attached hydrogen (secondary N) is 1. The molecule has 0 heterocycles. The zero-order chi connectivity index (χ0) is 30.5. The summed E-state index contributed by atoms with van der Waals surface area (Å²) in [7, 11) is 6.46. The van der Waals surface area contributed by atoms with E-state index in [9.17, 15) is 43.4 Å². The molecule has 0 saturated carbocycles. The van der Waals surface area contributed by atoms with E-state index < -0.39 is 83.1 Å². The Morgan fingerprint density at radius 1 is 1.22 bits per heavy atom. The van der Waals surface area contributed by atoms with Crippen molar-refractivity contribution in [3.63, 3.8) is 0 Å². The highest BCUT2D eigenvalue weighted by Gasteiger charge is 2.62. The Morgan fingerprint density at radius 3 is 2.37 bits per heavy atom. The second kappa shape index (κ2) is 10.9. The highest BCUT2D eigenvalue weighted by atomic mass is 19.1. The number of aliphatic hydroxyl groups is 2. The first kappa shape index (κ1) is 30.2. The molecule has 0 bridgehead atoms. The number of carbonyl (C=O) groups excluding carboxylic acids is 3. The third kappa shape index (κ3) is 4.50. The molecule has 0 aromatic heterocycles. The molecule has 0 aliphatic heterocycles. The van der Waals surface area contributed by atoms with Gasteiger partial charge in [-0.15, -0.1) is 4.91 Å². The van der Waals surface area contributed by atoms with Crippen LogP contribution in [0.1, 0.15) is 27.9 Å². The average molecular weight is 578 g/mol. The zero-order valence-electron chi connectivity index (χ0n) is 23.1. The lowest BCUT2D eigenvalue weighted by Crippen LogP contribution is -2.62. The first-order chi connectivity index (χ1) is 19.3. The van der Waals surface area contributed by atoms with E-state index in [1.165, 1.54) is 19.0 Å². The summed E-state index contributed by atoms with van der Waals surface area (Å²) in [5, 5.41) is 39.7. The van der Waals surface area contributed by atoms with Crippen molar-refractivity contribution < 1.29 is 38.5 Å². The van der Waals surface area contributed by atoms with Gasteiger partial charge in [0.25, 0.3) is 5.91 Å². The van der Waals surface area contributed by atoms with Crippen LogP contribution in [0.3, 0.4) is 0 Å². The summed E-state index contributed by atoms with van der Waals surface area (Å²) < 4.78 is 26.2. The summed E-state index contributed by atoms with van der Waals surface area (Å²) in [4.78, 5) is 55.0. The second-order valence-corrected chi connectivity index (χ2v) is 11.1. The van der Waals surface area contributed by atoms with E-state index in [2.05, 4.69) is 10.5 Å². The number of allylic oxidation sites excluding steroid dienone is 1. The van der Waals surface area contributed by atoms with Gasteiger partial charge < -0.3 is 31.3 Å². The Balaban J connectivity index is 1.97. The maximum absolute atomic E-state index is 14.1. The SMILES string of the molecule is CN(C)c1cc(CNC(CF)CF)c(O)c2c1C[C@H]1C[C@H]3C(N(C)C)C(=O)C(C(N)=O)=C(O)[C@@]3(O)C(N=O)=C1C2=O. The number of carbonyl (C=O) groups is 3. The Hall–Kier alpha value is -3.75. The number of amides is 1. The molecule has 1 amide bonds. The van der Waals surface area contributed by atoms with E-state index in [1.54, 1.807) is 25.1 Å². The Morgan fingerprint density at radius 2 is 1.85 bits per heavy atom. The van der Waals surface area contributed by atoms with Gasteiger partial charge in [-0.05, 0) is 49.7 Å². The summed E-state index contributed by atoms with van der Waals surface area (Å²) in [5.41, 5.74) is 1.67. The van der Waals surface area contributed by atoms with E-state index in [0.717, 1.165) is 0 Å². The minimum atomic E-state index is -2.69.